The van der Waals surface area contributed by atoms with Crippen molar-refractivity contribution < 1.29 is 28.6 Å². The SMILES string of the molecule is CCC/C=C\CCCCCCCC(=O)OCC(COC(=O)CCCCCCCCCCCCCCCCCCCCCCCCCCCCCCCCC)OC(=O)CCCCCCC/C=C\C/C=C\CCCC. The smallest absolute Gasteiger partial charge is 0.306 e. The number of hydrogen-bond acceptors (Lipinski definition) is 6. The Morgan fingerprint density at radius 3 is 0.863 bits per heavy atom. The van der Waals surface area contributed by atoms with Crippen LogP contribution >= 0.6 is 0 Å². The van der Waals surface area contributed by atoms with Crippen molar-refractivity contribution >= 4 is 17.9 Å². The van der Waals surface area contributed by atoms with E-state index in [1.807, 2.05) is 0 Å². The highest BCUT2D eigenvalue weighted by Gasteiger charge is 2.19. The van der Waals surface area contributed by atoms with Gasteiger partial charge in [-0.3, -0.25) is 14.4 Å². The Kier molecular flexibility index (Phi) is 60.2. The van der Waals surface area contributed by atoms with Crippen LogP contribution in [-0.4, -0.2) is 37.2 Å². The third-order valence-corrected chi connectivity index (χ3v) is 14.6. The molecule has 73 heavy (non-hydrogen) atoms. The van der Waals surface area contributed by atoms with Crippen molar-refractivity contribution in [3.8, 4) is 0 Å². The summed E-state index contributed by atoms with van der Waals surface area (Å²) in [6, 6.07) is 0. The first kappa shape index (κ1) is 70.6. The normalized spacial score (nSPS) is 12.2. The summed E-state index contributed by atoms with van der Waals surface area (Å²) in [6.07, 6.45) is 76.2. The van der Waals surface area contributed by atoms with Gasteiger partial charge in [0.15, 0.2) is 6.10 Å². The summed E-state index contributed by atoms with van der Waals surface area (Å²) in [5.74, 6) is -0.885. The van der Waals surface area contributed by atoms with Crippen LogP contribution in [0.2, 0.25) is 0 Å². The summed E-state index contributed by atoms with van der Waals surface area (Å²) in [7, 11) is 0. The number of carbonyl (C=O) groups excluding carboxylic acids is 3. The number of ether oxygens (including phenoxy) is 3. The van der Waals surface area contributed by atoms with Crippen molar-refractivity contribution in [1.82, 2.24) is 0 Å². The van der Waals surface area contributed by atoms with E-state index in [0.717, 1.165) is 96.3 Å². The van der Waals surface area contributed by atoms with Crippen LogP contribution in [0.25, 0.3) is 0 Å². The standard InChI is InChI=1S/C67H124O6/c1-4-7-10-13-16-19-22-24-26-27-28-29-30-31-32-33-34-35-36-37-38-39-40-41-42-44-45-48-51-54-57-60-66(69)72-63-64(62-71-65(68)59-56-53-50-47-21-18-15-12-9-6-3)73-67(70)61-58-55-52-49-46-43-25-23-20-17-14-11-8-5-2/h12,14-15,17,23,25,64H,4-11,13,16,18-22,24,26-63H2,1-3H3/b15-12-,17-14-,25-23-. The van der Waals surface area contributed by atoms with Gasteiger partial charge in [-0.25, -0.2) is 0 Å². The number of carbonyl (C=O) groups is 3. The first-order valence-corrected chi connectivity index (χ1v) is 32.5. The summed E-state index contributed by atoms with van der Waals surface area (Å²) in [5, 5.41) is 0. The second-order valence-corrected chi connectivity index (χ2v) is 22.0. The Bertz CT molecular complexity index is 1220. The van der Waals surface area contributed by atoms with Crippen LogP contribution in [0.3, 0.4) is 0 Å². The van der Waals surface area contributed by atoms with E-state index in [0.29, 0.717) is 19.3 Å². The second-order valence-electron chi connectivity index (χ2n) is 22.0. The maximum absolute atomic E-state index is 12.8. The van der Waals surface area contributed by atoms with Gasteiger partial charge in [0.2, 0.25) is 0 Å². The van der Waals surface area contributed by atoms with E-state index >= 15 is 0 Å². The summed E-state index contributed by atoms with van der Waals surface area (Å²) >= 11 is 0. The maximum atomic E-state index is 12.8. The lowest BCUT2D eigenvalue weighted by Gasteiger charge is -2.18. The summed E-state index contributed by atoms with van der Waals surface area (Å²) in [6.45, 7) is 6.57. The second kappa shape index (κ2) is 62.2. The Balaban J connectivity index is 4.04. The molecule has 0 spiro atoms. The topological polar surface area (TPSA) is 78.9 Å². The van der Waals surface area contributed by atoms with Crippen LogP contribution in [0, 0.1) is 0 Å². The van der Waals surface area contributed by atoms with Crippen molar-refractivity contribution in [2.45, 2.75) is 361 Å². The number of hydrogen-bond donors (Lipinski definition) is 0. The lowest BCUT2D eigenvalue weighted by Crippen LogP contribution is -2.30. The van der Waals surface area contributed by atoms with Crippen molar-refractivity contribution in [2.75, 3.05) is 13.2 Å². The molecule has 0 saturated carbocycles. The highest BCUT2D eigenvalue weighted by Crippen LogP contribution is 2.18. The van der Waals surface area contributed by atoms with Gasteiger partial charge in [-0.15, -0.1) is 0 Å². The Morgan fingerprint density at radius 1 is 0.274 bits per heavy atom. The molecule has 0 rings (SSSR count). The van der Waals surface area contributed by atoms with Crippen LogP contribution in [0.5, 0.6) is 0 Å². The number of rotatable bonds is 60. The highest BCUT2D eigenvalue weighted by atomic mass is 16.6. The molecule has 0 heterocycles. The Morgan fingerprint density at radius 2 is 0.534 bits per heavy atom. The van der Waals surface area contributed by atoms with Crippen LogP contribution < -0.4 is 0 Å². The van der Waals surface area contributed by atoms with Crippen LogP contribution in [0.1, 0.15) is 355 Å². The Labute approximate surface area is 455 Å². The van der Waals surface area contributed by atoms with Gasteiger partial charge in [0, 0.05) is 19.3 Å². The molecule has 0 N–H and O–H groups in total. The maximum Gasteiger partial charge on any atom is 0.306 e. The molecule has 6 heteroatoms. The van der Waals surface area contributed by atoms with Gasteiger partial charge in [-0.05, 0) is 64.2 Å². The molecular formula is C67H124O6. The van der Waals surface area contributed by atoms with Gasteiger partial charge < -0.3 is 14.2 Å². The molecule has 0 aliphatic heterocycles. The van der Waals surface area contributed by atoms with Crippen LogP contribution in [0.4, 0.5) is 0 Å². The van der Waals surface area contributed by atoms with Crippen LogP contribution in [-0.2, 0) is 28.6 Å². The first-order valence-electron chi connectivity index (χ1n) is 32.5. The average molecular weight is 1030 g/mol. The third kappa shape index (κ3) is 60.4. The molecule has 0 bridgehead atoms. The van der Waals surface area contributed by atoms with Crippen LogP contribution in [0.15, 0.2) is 36.5 Å². The molecule has 6 nitrogen and oxygen atoms in total. The summed E-state index contributed by atoms with van der Waals surface area (Å²) in [5.41, 5.74) is 0. The van der Waals surface area contributed by atoms with Crippen molar-refractivity contribution in [3.05, 3.63) is 36.5 Å². The molecular weight excluding hydrogens is 901 g/mol. The zero-order valence-electron chi connectivity index (χ0n) is 49.2. The molecule has 0 aromatic carbocycles. The van der Waals surface area contributed by atoms with E-state index in [1.165, 1.54) is 218 Å². The molecule has 1 unspecified atom stereocenters. The molecule has 0 aliphatic carbocycles. The summed E-state index contributed by atoms with van der Waals surface area (Å²) in [4.78, 5) is 38.1. The van der Waals surface area contributed by atoms with E-state index in [9.17, 15) is 14.4 Å². The highest BCUT2D eigenvalue weighted by molar-refractivity contribution is 5.71. The largest absolute Gasteiger partial charge is 0.462 e. The van der Waals surface area contributed by atoms with Crippen molar-refractivity contribution in [3.63, 3.8) is 0 Å². The fourth-order valence-corrected chi connectivity index (χ4v) is 9.70. The predicted octanol–water partition coefficient (Wildman–Crippen LogP) is 22.0. The quantitative estimate of drug-likeness (QED) is 0.0261. The molecule has 0 radical (unpaired) electrons. The van der Waals surface area contributed by atoms with Gasteiger partial charge in [0.05, 0.1) is 0 Å². The molecule has 0 aromatic rings. The average Bonchev–Trinajstić information content (AvgIpc) is 3.39. The van der Waals surface area contributed by atoms with Crippen molar-refractivity contribution in [1.29, 1.82) is 0 Å². The van der Waals surface area contributed by atoms with Gasteiger partial charge in [-0.1, -0.05) is 308 Å². The third-order valence-electron chi connectivity index (χ3n) is 14.6. The fourth-order valence-electron chi connectivity index (χ4n) is 9.70. The minimum atomic E-state index is -0.780. The zero-order chi connectivity index (χ0) is 52.9. The first-order chi connectivity index (χ1) is 36.0. The predicted molar refractivity (Wildman–Crippen MR) is 316 cm³/mol. The summed E-state index contributed by atoms with van der Waals surface area (Å²) < 4.78 is 16.8. The van der Waals surface area contributed by atoms with Gasteiger partial charge >= 0.3 is 17.9 Å². The Hall–Kier alpha value is -2.37. The number of unbranched alkanes of at least 4 members (excludes halogenated alkanes) is 43. The lowest BCUT2D eigenvalue weighted by molar-refractivity contribution is -0.167. The molecule has 1 atom stereocenters. The molecule has 0 aromatic heterocycles. The van der Waals surface area contributed by atoms with E-state index in [4.69, 9.17) is 14.2 Å². The fraction of sp³-hybridized carbons (Fsp3) is 0.866. The number of esters is 3. The monoisotopic (exact) mass is 1020 g/mol. The molecule has 0 aliphatic rings. The van der Waals surface area contributed by atoms with Gasteiger partial charge in [0.25, 0.3) is 0 Å². The van der Waals surface area contributed by atoms with E-state index < -0.39 is 6.10 Å². The lowest BCUT2D eigenvalue weighted by atomic mass is 10.0. The van der Waals surface area contributed by atoms with Gasteiger partial charge in [0.1, 0.15) is 13.2 Å². The molecule has 428 valence electrons. The van der Waals surface area contributed by atoms with E-state index in [2.05, 4.69) is 57.2 Å². The van der Waals surface area contributed by atoms with E-state index in [-0.39, 0.29) is 31.1 Å². The van der Waals surface area contributed by atoms with Gasteiger partial charge in [-0.2, -0.15) is 0 Å². The van der Waals surface area contributed by atoms with Crippen molar-refractivity contribution in [2.24, 2.45) is 0 Å². The minimum absolute atomic E-state index is 0.0772. The van der Waals surface area contributed by atoms with E-state index in [1.54, 1.807) is 0 Å². The molecule has 0 fully saturated rings. The molecule has 0 saturated heterocycles. The zero-order valence-corrected chi connectivity index (χ0v) is 49.2. The molecule has 0 amide bonds. The number of allylic oxidation sites excluding steroid dienone is 6. The minimum Gasteiger partial charge on any atom is -0.462 e.